The Kier molecular flexibility index (Phi) is 6.21. The highest BCUT2D eigenvalue weighted by atomic mass is 35.5. The molecule has 1 aromatic heterocycles. The largest absolute Gasteiger partial charge is 0.497 e. The molecule has 0 unspecified atom stereocenters. The summed E-state index contributed by atoms with van der Waals surface area (Å²) in [5.74, 6) is 2.77. The van der Waals surface area contributed by atoms with Crippen LogP contribution in [0.25, 0.3) is 23.1 Å². The molecule has 0 radical (unpaired) electrons. The van der Waals surface area contributed by atoms with Gasteiger partial charge in [-0.25, -0.2) is 9.97 Å². The highest BCUT2D eigenvalue weighted by molar-refractivity contribution is 6.30. The van der Waals surface area contributed by atoms with E-state index in [-0.39, 0.29) is 6.04 Å². The predicted octanol–water partition coefficient (Wildman–Crippen LogP) is 5.39. The normalized spacial score (nSPS) is 21.8. The maximum Gasteiger partial charge on any atom is 0.154 e. The Morgan fingerprint density at radius 2 is 1.90 bits per heavy atom. The van der Waals surface area contributed by atoms with Gasteiger partial charge in [-0.05, 0) is 67.2 Å². The summed E-state index contributed by atoms with van der Waals surface area (Å²) in [7, 11) is 1.67. The van der Waals surface area contributed by atoms with Gasteiger partial charge in [0.15, 0.2) is 5.82 Å². The molecule has 1 aliphatic rings. The minimum absolute atomic E-state index is 0.281. The lowest BCUT2D eigenvalue weighted by molar-refractivity contribution is 0.310. The van der Waals surface area contributed by atoms with Gasteiger partial charge in [0.1, 0.15) is 11.6 Å². The molecule has 1 fully saturated rings. The van der Waals surface area contributed by atoms with Crippen molar-refractivity contribution in [2.24, 2.45) is 11.7 Å². The van der Waals surface area contributed by atoms with Crippen LogP contribution in [0, 0.1) is 5.92 Å². The summed E-state index contributed by atoms with van der Waals surface area (Å²) in [5.41, 5.74) is 8.13. The number of nitrogens with zero attached hydrogens (tertiary/aromatic N) is 2. The van der Waals surface area contributed by atoms with Crippen molar-refractivity contribution in [1.29, 1.82) is 0 Å². The average Bonchev–Trinajstić information content (AvgIpc) is 2.75. The SMILES string of the molecule is COc1ccc2nc(C=Cc3ccc(Cl)cc3)nc(N[C@@H]3CC[C@H](N)[C@H](C)C3)c2c1. The van der Waals surface area contributed by atoms with E-state index in [1.54, 1.807) is 7.11 Å². The molecule has 0 saturated heterocycles. The summed E-state index contributed by atoms with van der Waals surface area (Å²) >= 11 is 5.98. The van der Waals surface area contributed by atoms with E-state index in [2.05, 4.69) is 12.2 Å². The molecule has 1 saturated carbocycles. The van der Waals surface area contributed by atoms with E-state index in [0.717, 1.165) is 52.3 Å². The second-order valence-corrected chi connectivity index (χ2v) is 8.43. The Bertz CT molecular complexity index is 1050. The van der Waals surface area contributed by atoms with Gasteiger partial charge in [-0.15, -0.1) is 0 Å². The minimum Gasteiger partial charge on any atom is -0.497 e. The van der Waals surface area contributed by atoms with Crippen molar-refractivity contribution in [2.75, 3.05) is 12.4 Å². The molecule has 5 nitrogen and oxygen atoms in total. The number of aromatic nitrogens is 2. The molecular weight excluding hydrogens is 396 g/mol. The van der Waals surface area contributed by atoms with Crippen molar-refractivity contribution < 1.29 is 4.74 Å². The molecule has 3 N–H and O–H groups in total. The summed E-state index contributed by atoms with van der Waals surface area (Å²) in [5, 5.41) is 5.34. The molecule has 1 aliphatic carbocycles. The van der Waals surface area contributed by atoms with Gasteiger partial charge >= 0.3 is 0 Å². The number of fused-ring (bicyclic) bond motifs is 1. The third kappa shape index (κ3) is 4.74. The highest BCUT2D eigenvalue weighted by Gasteiger charge is 2.25. The zero-order valence-corrected chi connectivity index (χ0v) is 18.1. The van der Waals surface area contributed by atoms with Crippen molar-refractivity contribution in [3.05, 3.63) is 58.9 Å². The monoisotopic (exact) mass is 422 g/mol. The number of ether oxygens (including phenoxy) is 1. The maximum absolute atomic E-state index is 6.20. The fourth-order valence-corrected chi connectivity index (χ4v) is 4.05. The van der Waals surface area contributed by atoms with E-state index in [9.17, 15) is 0 Å². The van der Waals surface area contributed by atoms with Crippen molar-refractivity contribution in [3.8, 4) is 5.75 Å². The van der Waals surface area contributed by atoms with Gasteiger partial charge in [0.25, 0.3) is 0 Å². The van der Waals surface area contributed by atoms with Crippen molar-refractivity contribution >= 4 is 40.5 Å². The summed E-state index contributed by atoms with van der Waals surface area (Å²) in [4.78, 5) is 9.55. The first-order valence-corrected chi connectivity index (χ1v) is 10.7. The van der Waals surface area contributed by atoms with Gasteiger partial charge in [-0.2, -0.15) is 0 Å². The molecule has 0 spiro atoms. The lowest BCUT2D eigenvalue weighted by Gasteiger charge is -2.32. The van der Waals surface area contributed by atoms with Gasteiger partial charge in [0, 0.05) is 22.5 Å². The molecule has 30 heavy (non-hydrogen) atoms. The molecule has 1 heterocycles. The van der Waals surface area contributed by atoms with Crippen LogP contribution in [-0.2, 0) is 0 Å². The number of methoxy groups -OCH3 is 1. The molecule has 6 heteroatoms. The van der Waals surface area contributed by atoms with Gasteiger partial charge in [0.2, 0.25) is 0 Å². The van der Waals surface area contributed by atoms with Crippen molar-refractivity contribution in [1.82, 2.24) is 9.97 Å². The summed E-state index contributed by atoms with van der Waals surface area (Å²) in [6.07, 6.45) is 7.02. The molecule has 3 aromatic rings. The lowest BCUT2D eigenvalue weighted by atomic mass is 9.83. The molecule has 0 bridgehead atoms. The van der Waals surface area contributed by atoms with Crippen LogP contribution in [-0.4, -0.2) is 29.2 Å². The van der Waals surface area contributed by atoms with E-state index in [1.807, 2.05) is 54.6 Å². The Hall–Kier alpha value is -2.63. The van der Waals surface area contributed by atoms with E-state index >= 15 is 0 Å². The fraction of sp³-hybridized carbons (Fsp3) is 0.333. The molecule has 4 rings (SSSR count). The van der Waals surface area contributed by atoms with E-state index in [1.165, 1.54) is 0 Å². The Labute approximate surface area is 182 Å². The zero-order valence-electron chi connectivity index (χ0n) is 17.3. The predicted molar refractivity (Wildman–Crippen MR) is 125 cm³/mol. The molecule has 0 aliphatic heterocycles. The minimum atomic E-state index is 0.281. The van der Waals surface area contributed by atoms with Gasteiger partial charge < -0.3 is 15.8 Å². The number of hydrogen-bond donors (Lipinski definition) is 2. The molecule has 3 atom stereocenters. The van der Waals surface area contributed by atoms with E-state index in [4.69, 9.17) is 32.0 Å². The van der Waals surface area contributed by atoms with Crippen LogP contribution in [0.5, 0.6) is 5.75 Å². The first-order valence-electron chi connectivity index (χ1n) is 10.3. The zero-order chi connectivity index (χ0) is 21.1. The maximum atomic E-state index is 6.20. The summed E-state index contributed by atoms with van der Waals surface area (Å²) in [6.45, 7) is 2.22. The van der Waals surface area contributed by atoms with Crippen LogP contribution in [0.1, 0.15) is 37.6 Å². The third-order valence-electron chi connectivity index (χ3n) is 5.79. The van der Waals surface area contributed by atoms with Gasteiger partial charge in [-0.3, -0.25) is 0 Å². The van der Waals surface area contributed by atoms with Gasteiger partial charge in [-0.1, -0.05) is 36.7 Å². The Balaban J connectivity index is 1.67. The first-order chi connectivity index (χ1) is 14.5. The van der Waals surface area contributed by atoms with Crippen molar-refractivity contribution in [3.63, 3.8) is 0 Å². The quantitative estimate of drug-likeness (QED) is 0.576. The number of rotatable bonds is 5. The van der Waals surface area contributed by atoms with Crippen molar-refractivity contribution in [2.45, 2.75) is 38.3 Å². The highest BCUT2D eigenvalue weighted by Crippen LogP contribution is 2.30. The van der Waals surface area contributed by atoms with Crippen LogP contribution in [0.4, 0.5) is 5.82 Å². The molecule has 156 valence electrons. The molecular formula is C24H27ClN4O. The Morgan fingerprint density at radius 3 is 2.63 bits per heavy atom. The first kappa shape index (κ1) is 20.6. The Morgan fingerprint density at radius 1 is 1.10 bits per heavy atom. The second-order valence-electron chi connectivity index (χ2n) is 7.99. The topological polar surface area (TPSA) is 73.1 Å². The van der Waals surface area contributed by atoms with E-state index in [0.29, 0.717) is 17.8 Å². The number of hydrogen-bond acceptors (Lipinski definition) is 5. The van der Waals surface area contributed by atoms with Crippen LogP contribution in [0.15, 0.2) is 42.5 Å². The number of halogens is 1. The standard InChI is InChI=1S/C24H27ClN4O/c1-15-13-18(8-10-21(15)26)27-24-20-14-19(30-2)9-11-22(20)28-23(29-24)12-5-16-3-6-17(25)7-4-16/h3-7,9,11-12,14-15,18,21H,8,10,13,26H2,1-2H3,(H,27,28,29)/t15-,18-,21+/m1/s1. The fourth-order valence-electron chi connectivity index (χ4n) is 3.93. The third-order valence-corrected chi connectivity index (χ3v) is 6.04. The molecule has 2 aromatic carbocycles. The number of benzene rings is 2. The number of nitrogens with one attached hydrogen (secondary N) is 1. The lowest BCUT2D eigenvalue weighted by Crippen LogP contribution is -2.39. The summed E-state index contributed by atoms with van der Waals surface area (Å²) < 4.78 is 5.42. The summed E-state index contributed by atoms with van der Waals surface area (Å²) in [6, 6.07) is 14.2. The van der Waals surface area contributed by atoms with E-state index < -0.39 is 0 Å². The number of nitrogens with two attached hydrogens (primary N) is 1. The van der Waals surface area contributed by atoms with Crippen LogP contribution < -0.4 is 15.8 Å². The smallest absolute Gasteiger partial charge is 0.154 e. The van der Waals surface area contributed by atoms with Crippen LogP contribution in [0.3, 0.4) is 0 Å². The van der Waals surface area contributed by atoms with Crippen LogP contribution in [0.2, 0.25) is 5.02 Å². The average molecular weight is 423 g/mol. The van der Waals surface area contributed by atoms with Gasteiger partial charge in [0.05, 0.1) is 12.6 Å². The molecule has 0 amide bonds. The number of anilines is 1. The second kappa shape index (κ2) is 9.02. The van der Waals surface area contributed by atoms with Crippen LogP contribution >= 0.6 is 11.6 Å².